The molecule has 2 aromatic carbocycles. The molecule has 0 radical (unpaired) electrons. The van der Waals surface area contributed by atoms with Crippen molar-refractivity contribution in [3.63, 3.8) is 0 Å². The summed E-state index contributed by atoms with van der Waals surface area (Å²) in [7, 11) is -3.81. The van der Waals surface area contributed by atoms with Gasteiger partial charge in [-0.25, -0.2) is 8.42 Å². The number of rotatable bonds is 10. The van der Waals surface area contributed by atoms with Gasteiger partial charge in [0.15, 0.2) is 0 Å². The first-order valence-corrected chi connectivity index (χ1v) is 14.8. The SMILES string of the molecule is CC[C@H](C(=O)NC1CCCCC1)N(Cc1ccc(Cl)cc1)C(=O)CN(c1cccc(Cl)c1)S(C)(=O)=O. The average Bonchev–Trinajstić information content (AvgIpc) is 2.83. The molecule has 1 aliphatic carbocycles. The monoisotopic (exact) mass is 553 g/mol. The number of hydrogen-bond acceptors (Lipinski definition) is 4. The highest BCUT2D eigenvalue weighted by molar-refractivity contribution is 7.92. The Labute approximate surface area is 223 Å². The van der Waals surface area contributed by atoms with Crippen LogP contribution in [0.15, 0.2) is 48.5 Å². The van der Waals surface area contributed by atoms with Crippen molar-refractivity contribution in [2.24, 2.45) is 0 Å². The Bertz CT molecular complexity index is 1150. The summed E-state index contributed by atoms with van der Waals surface area (Å²) in [6.07, 6.45) is 6.56. The zero-order valence-electron chi connectivity index (χ0n) is 20.6. The molecule has 2 aromatic rings. The van der Waals surface area contributed by atoms with Gasteiger partial charge >= 0.3 is 0 Å². The maximum absolute atomic E-state index is 13.7. The number of carbonyl (C=O) groups is 2. The van der Waals surface area contributed by atoms with Gasteiger partial charge < -0.3 is 10.2 Å². The van der Waals surface area contributed by atoms with Crippen LogP contribution in [0.25, 0.3) is 0 Å². The van der Waals surface area contributed by atoms with Crippen molar-refractivity contribution in [1.82, 2.24) is 10.2 Å². The normalized spacial score (nSPS) is 15.2. The van der Waals surface area contributed by atoms with E-state index in [1.54, 1.807) is 42.5 Å². The van der Waals surface area contributed by atoms with Crippen LogP contribution < -0.4 is 9.62 Å². The topological polar surface area (TPSA) is 86.8 Å². The Kier molecular flexibility index (Phi) is 10.0. The molecule has 7 nitrogen and oxygen atoms in total. The molecule has 0 aliphatic heterocycles. The summed E-state index contributed by atoms with van der Waals surface area (Å²) >= 11 is 12.1. The maximum Gasteiger partial charge on any atom is 0.244 e. The number of nitrogens with one attached hydrogen (secondary N) is 1. The summed E-state index contributed by atoms with van der Waals surface area (Å²) < 4.78 is 26.3. The molecule has 0 heterocycles. The van der Waals surface area contributed by atoms with Crippen molar-refractivity contribution < 1.29 is 18.0 Å². The zero-order chi connectivity index (χ0) is 26.3. The predicted molar refractivity (Wildman–Crippen MR) is 145 cm³/mol. The first kappa shape index (κ1) is 28.3. The molecule has 0 aromatic heterocycles. The fraction of sp³-hybridized carbons (Fsp3) is 0.462. The lowest BCUT2D eigenvalue weighted by Crippen LogP contribution is -2.53. The van der Waals surface area contributed by atoms with E-state index in [-0.39, 0.29) is 24.2 Å². The highest BCUT2D eigenvalue weighted by Gasteiger charge is 2.32. The molecule has 0 saturated heterocycles. The summed E-state index contributed by atoms with van der Waals surface area (Å²) in [5.41, 5.74) is 1.06. The van der Waals surface area contributed by atoms with Gasteiger partial charge in [-0.3, -0.25) is 13.9 Å². The van der Waals surface area contributed by atoms with E-state index in [2.05, 4.69) is 5.32 Å². The number of halogens is 2. The first-order valence-electron chi connectivity index (χ1n) is 12.2. The summed E-state index contributed by atoms with van der Waals surface area (Å²) in [5, 5.41) is 4.03. The molecular formula is C26H33Cl2N3O4S. The van der Waals surface area contributed by atoms with Crippen LogP contribution in [0.3, 0.4) is 0 Å². The third kappa shape index (κ3) is 7.85. The average molecular weight is 555 g/mol. The maximum atomic E-state index is 13.7. The van der Waals surface area contributed by atoms with Crippen molar-refractivity contribution in [1.29, 1.82) is 0 Å². The Morgan fingerprint density at radius 3 is 2.28 bits per heavy atom. The Balaban J connectivity index is 1.90. The van der Waals surface area contributed by atoms with Gasteiger partial charge in [0, 0.05) is 22.6 Å². The van der Waals surface area contributed by atoms with Gasteiger partial charge in [-0.05, 0) is 55.2 Å². The molecule has 10 heteroatoms. The van der Waals surface area contributed by atoms with Gasteiger partial charge in [-0.1, -0.05) is 67.6 Å². The van der Waals surface area contributed by atoms with Crippen molar-refractivity contribution in [3.8, 4) is 0 Å². The van der Waals surface area contributed by atoms with Crippen LogP contribution in [-0.2, 0) is 26.2 Å². The summed E-state index contributed by atoms with van der Waals surface area (Å²) in [4.78, 5) is 28.5. The minimum Gasteiger partial charge on any atom is -0.352 e. The van der Waals surface area contributed by atoms with Crippen molar-refractivity contribution in [3.05, 3.63) is 64.1 Å². The van der Waals surface area contributed by atoms with E-state index in [1.165, 1.54) is 11.0 Å². The van der Waals surface area contributed by atoms with Crippen molar-refractivity contribution in [2.75, 3.05) is 17.1 Å². The van der Waals surface area contributed by atoms with E-state index in [0.717, 1.165) is 48.2 Å². The fourth-order valence-electron chi connectivity index (χ4n) is 4.50. The second kappa shape index (κ2) is 12.8. The Morgan fingerprint density at radius 1 is 1.03 bits per heavy atom. The van der Waals surface area contributed by atoms with Crippen LogP contribution in [0.1, 0.15) is 51.0 Å². The van der Waals surface area contributed by atoms with E-state index in [0.29, 0.717) is 16.5 Å². The molecule has 1 fully saturated rings. The van der Waals surface area contributed by atoms with Gasteiger partial charge in [-0.2, -0.15) is 0 Å². The fourth-order valence-corrected chi connectivity index (χ4v) is 5.65. The number of hydrogen-bond donors (Lipinski definition) is 1. The molecule has 196 valence electrons. The van der Waals surface area contributed by atoms with Crippen LogP contribution in [0.4, 0.5) is 5.69 Å². The molecule has 2 amide bonds. The minimum absolute atomic E-state index is 0.0896. The molecule has 3 rings (SSSR count). The molecule has 1 saturated carbocycles. The molecule has 0 unspecified atom stereocenters. The summed E-state index contributed by atoms with van der Waals surface area (Å²) in [5.74, 6) is -0.707. The molecule has 1 atom stereocenters. The molecule has 0 bridgehead atoms. The number of carbonyl (C=O) groups excluding carboxylic acids is 2. The zero-order valence-corrected chi connectivity index (χ0v) is 23.0. The lowest BCUT2D eigenvalue weighted by atomic mass is 9.95. The van der Waals surface area contributed by atoms with E-state index in [4.69, 9.17) is 23.2 Å². The van der Waals surface area contributed by atoms with Crippen LogP contribution >= 0.6 is 23.2 Å². The number of amides is 2. The van der Waals surface area contributed by atoms with Crippen LogP contribution in [0, 0.1) is 0 Å². The number of benzene rings is 2. The van der Waals surface area contributed by atoms with Gasteiger partial charge in [0.05, 0.1) is 11.9 Å². The van der Waals surface area contributed by atoms with Crippen LogP contribution in [0.5, 0.6) is 0 Å². The lowest BCUT2D eigenvalue weighted by molar-refractivity contribution is -0.140. The van der Waals surface area contributed by atoms with Crippen molar-refractivity contribution >= 4 is 50.7 Å². The Hall–Kier alpha value is -2.29. The predicted octanol–water partition coefficient (Wildman–Crippen LogP) is 5.02. The van der Waals surface area contributed by atoms with Gasteiger partial charge in [0.1, 0.15) is 12.6 Å². The summed E-state index contributed by atoms with van der Waals surface area (Å²) in [6.45, 7) is 1.53. The largest absolute Gasteiger partial charge is 0.352 e. The third-order valence-electron chi connectivity index (χ3n) is 6.38. The molecule has 36 heavy (non-hydrogen) atoms. The van der Waals surface area contributed by atoms with Gasteiger partial charge in [0.2, 0.25) is 21.8 Å². The summed E-state index contributed by atoms with van der Waals surface area (Å²) in [6, 6.07) is 12.7. The van der Waals surface area contributed by atoms with Gasteiger partial charge in [0.25, 0.3) is 0 Å². The van der Waals surface area contributed by atoms with Gasteiger partial charge in [-0.15, -0.1) is 0 Å². The van der Waals surface area contributed by atoms with E-state index < -0.39 is 28.5 Å². The second-order valence-electron chi connectivity index (χ2n) is 9.17. The Morgan fingerprint density at radius 2 is 1.69 bits per heavy atom. The highest BCUT2D eigenvalue weighted by atomic mass is 35.5. The molecule has 1 N–H and O–H groups in total. The number of sulfonamides is 1. The highest BCUT2D eigenvalue weighted by Crippen LogP contribution is 2.24. The standard InChI is InChI=1S/C26H33Cl2N3O4S/c1-3-24(26(33)29-22-9-5-4-6-10-22)30(17-19-12-14-20(27)15-13-19)25(32)18-31(36(2,34)35)23-11-7-8-21(28)16-23/h7-8,11-16,22,24H,3-6,9-10,17-18H2,1-2H3,(H,29,33)/t24-/m1/s1. The minimum atomic E-state index is -3.81. The molecule has 0 spiro atoms. The van der Waals surface area contributed by atoms with E-state index >= 15 is 0 Å². The molecule has 1 aliphatic rings. The number of nitrogens with zero attached hydrogens (tertiary/aromatic N) is 2. The smallest absolute Gasteiger partial charge is 0.244 e. The quantitative estimate of drug-likeness (QED) is 0.447. The number of anilines is 1. The third-order valence-corrected chi connectivity index (χ3v) is 8.01. The van der Waals surface area contributed by atoms with Crippen LogP contribution in [0.2, 0.25) is 10.0 Å². The lowest BCUT2D eigenvalue weighted by Gasteiger charge is -2.34. The second-order valence-corrected chi connectivity index (χ2v) is 11.9. The molecular weight excluding hydrogens is 521 g/mol. The van der Waals surface area contributed by atoms with Crippen molar-refractivity contribution in [2.45, 2.75) is 64.1 Å². The van der Waals surface area contributed by atoms with E-state index in [9.17, 15) is 18.0 Å². The van der Waals surface area contributed by atoms with E-state index in [1.807, 2.05) is 6.92 Å². The van der Waals surface area contributed by atoms with Crippen LogP contribution in [-0.4, -0.2) is 50.0 Å². The first-order chi connectivity index (χ1) is 17.1.